The predicted molar refractivity (Wildman–Crippen MR) is 140 cm³/mol. The van der Waals surface area contributed by atoms with Gasteiger partial charge in [-0.15, -0.1) is 0 Å². The van der Waals surface area contributed by atoms with Crippen LogP contribution in [0.4, 0.5) is 0 Å². The molecule has 0 saturated carbocycles. The Hall–Kier alpha value is -0.0500. The van der Waals surface area contributed by atoms with E-state index in [0.29, 0.717) is 17.6 Å². The van der Waals surface area contributed by atoms with Gasteiger partial charge < -0.3 is 33.0 Å². The van der Waals surface area contributed by atoms with E-state index in [0.717, 1.165) is 19.3 Å². The van der Waals surface area contributed by atoms with Crippen LogP contribution in [0.1, 0.15) is 96.8 Å². The Morgan fingerprint density at radius 2 is 1.34 bits per heavy atom. The number of aliphatic hydroxyl groups excluding tert-OH is 1. The average molecular weight is 526 g/mol. The van der Waals surface area contributed by atoms with Crippen LogP contribution in [0.3, 0.4) is 0 Å². The number of phosphoric acid groups is 1. The Morgan fingerprint density at radius 1 is 0.800 bits per heavy atom. The van der Waals surface area contributed by atoms with E-state index < -0.39 is 13.9 Å². The number of quaternary nitrogens is 1. The predicted octanol–water partition coefficient (Wildman–Crippen LogP) is 5.07. The molecule has 0 spiro atoms. The summed E-state index contributed by atoms with van der Waals surface area (Å²) in [5.41, 5.74) is 0. The zero-order valence-corrected chi connectivity index (χ0v) is 24.3. The van der Waals surface area contributed by atoms with Crippen molar-refractivity contribution in [3.63, 3.8) is 0 Å². The first-order valence-electron chi connectivity index (χ1n) is 13.8. The first-order valence-corrected chi connectivity index (χ1v) is 15.2. The molecule has 0 rings (SSSR count). The van der Waals surface area contributed by atoms with Gasteiger partial charge in [-0.25, -0.2) is 0 Å². The average Bonchev–Trinajstić information content (AvgIpc) is 2.78. The van der Waals surface area contributed by atoms with Crippen LogP contribution >= 0.6 is 7.82 Å². The van der Waals surface area contributed by atoms with Crippen LogP contribution in [-0.2, 0) is 23.1 Å². The molecule has 0 saturated heterocycles. The molecule has 0 bridgehead atoms. The van der Waals surface area contributed by atoms with Gasteiger partial charge >= 0.3 is 0 Å². The molecular formula is C26H56NO7P. The number of phosphoric ester groups is 1. The summed E-state index contributed by atoms with van der Waals surface area (Å²) in [6.45, 7) is 2.90. The summed E-state index contributed by atoms with van der Waals surface area (Å²) in [6.07, 6.45) is 16.9. The number of methoxy groups -OCH3 is 1. The molecule has 0 aliphatic carbocycles. The molecule has 212 valence electrons. The van der Waals surface area contributed by atoms with Gasteiger partial charge in [-0.2, -0.15) is 0 Å². The van der Waals surface area contributed by atoms with Gasteiger partial charge in [-0.05, 0) is 12.8 Å². The van der Waals surface area contributed by atoms with Crippen LogP contribution in [0.25, 0.3) is 0 Å². The molecule has 3 atom stereocenters. The van der Waals surface area contributed by atoms with Crippen molar-refractivity contribution < 1.29 is 37.6 Å². The summed E-state index contributed by atoms with van der Waals surface area (Å²) < 4.78 is 32.9. The summed E-state index contributed by atoms with van der Waals surface area (Å²) in [5.74, 6) is 0. The summed E-state index contributed by atoms with van der Waals surface area (Å²) in [7, 11) is 3.12. The zero-order chi connectivity index (χ0) is 26.4. The lowest BCUT2D eigenvalue weighted by molar-refractivity contribution is -0.870. The van der Waals surface area contributed by atoms with Crippen LogP contribution in [-0.4, -0.2) is 83.0 Å². The van der Waals surface area contributed by atoms with Crippen LogP contribution in [0.15, 0.2) is 0 Å². The highest BCUT2D eigenvalue weighted by Crippen LogP contribution is 2.38. The van der Waals surface area contributed by atoms with Crippen molar-refractivity contribution in [3.8, 4) is 0 Å². The second-order valence-electron chi connectivity index (χ2n) is 10.6. The molecule has 2 unspecified atom stereocenters. The third kappa shape index (κ3) is 25.4. The van der Waals surface area contributed by atoms with Crippen LogP contribution in [0, 0.1) is 0 Å². The van der Waals surface area contributed by atoms with Gasteiger partial charge in [0.2, 0.25) is 0 Å². The highest BCUT2D eigenvalue weighted by molar-refractivity contribution is 7.45. The van der Waals surface area contributed by atoms with Crippen LogP contribution < -0.4 is 4.89 Å². The number of ether oxygens (including phenoxy) is 2. The molecule has 0 amide bonds. The second kappa shape index (κ2) is 22.0. The fraction of sp³-hybridized carbons (Fsp3) is 1.00. The number of rotatable bonds is 26. The molecule has 0 aromatic rings. The van der Waals surface area contributed by atoms with Gasteiger partial charge in [0, 0.05) is 13.7 Å². The number of aliphatic hydroxyl groups is 1. The van der Waals surface area contributed by atoms with E-state index in [2.05, 4.69) is 6.92 Å². The summed E-state index contributed by atoms with van der Waals surface area (Å²) >= 11 is 0. The Balaban J connectivity index is 3.67. The SMILES string of the molecule is CCCCCCCCCCCCCCC(CCOC[C@@H](O)COP(=O)([O-])OCC[N+](C)(C)C)OC. The van der Waals surface area contributed by atoms with Gasteiger partial charge in [0.05, 0.1) is 40.5 Å². The van der Waals surface area contributed by atoms with E-state index >= 15 is 0 Å². The number of hydrogen-bond acceptors (Lipinski definition) is 7. The second-order valence-corrected chi connectivity index (χ2v) is 12.1. The first-order chi connectivity index (χ1) is 16.6. The molecule has 0 heterocycles. The third-order valence-corrected chi connectivity index (χ3v) is 7.01. The Kier molecular flexibility index (Phi) is 21.9. The molecule has 35 heavy (non-hydrogen) atoms. The van der Waals surface area contributed by atoms with Crippen LogP contribution in [0.2, 0.25) is 0 Å². The summed E-state index contributed by atoms with van der Waals surface area (Å²) in [6, 6.07) is 0. The molecule has 0 radical (unpaired) electrons. The van der Waals surface area contributed by atoms with Gasteiger partial charge in [-0.3, -0.25) is 4.57 Å². The largest absolute Gasteiger partial charge is 0.756 e. The van der Waals surface area contributed by atoms with Crippen molar-refractivity contribution in [3.05, 3.63) is 0 Å². The lowest BCUT2D eigenvalue weighted by atomic mass is 10.0. The fourth-order valence-corrected chi connectivity index (χ4v) is 4.45. The molecule has 8 nitrogen and oxygen atoms in total. The van der Waals surface area contributed by atoms with Crippen molar-refractivity contribution in [2.75, 3.05) is 61.2 Å². The number of likely N-dealkylation sites (N-methyl/N-ethyl adjacent to an activating group) is 1. The van der Waals surface area contributed by atoms with Crippen molar-refractivity contribution in [2.45, 2.75) is 109 Å². The molecule has 1 N–H and O–H groups in total. The molecular weight excluding hydrogens is 469 g/mol. The highest BCUT2D eigenvalue weighted by atomic mass is 31.2. The number of hydrogen-bond donors (Lipinski definition) is 1. The normalized spacial score (nSPS) is 15.7. The maximum atomic E-state index is 11.7. The minimum absolute atomic E-state index is 0.00786. The molecule has 9 heteroatoms. The quantitative estimate of drug-likeness (QED) is 0.0957. The van der Waals surface area contributed by atoms with Crippen molar-refractivity contribution >= 4 is 7.82 Å². The fourth-order valence-electron chi connectivity index (χ4n) is 3.72. The van der Waals surface area contributed by atoms with E-state index in [-0.39, 0.29) is 25.9 Å². The van der Waals surface area contributed by atoms with Gasteiger partial charge in [-0.1, -0.05) is 84.0 Å². The van der Waals surface area contributed by atoms with Gasteiger partial charge in [0.15, 0.2) is 0 Å². The van der Waals surface area contributed by atoms with Crippen molar-refractivity contribution in [1.29, 1.82) is 0 Å². The van der Waals surface area contributed by atoms with Crippen molar-refractivity contribution in [1.82, 2.24) is 0 Å². The van der Waals surface area contributed by atoms with E-state index in [4.69, 9.17) is 18.5 Å². The third-order valence-electron chi connectivity index (χ3n) is 6.04. The first kappa shape index (κ1) is 35.0. The monoisotopic (exact) mass is 525 g/mol. The van der Waals surface area contributed by atoms with E-state index in [1.165, 1.54) is 70.6 Å². The van der Waals surface area contributed by atoms with Crippen molar-refractivity contribution in [2.24, 2.45) is 0 Å². The number of nitrogens with zero attached hydrogens (tertiary/aromatic N) is 1. The molecule has 0 aliphatic rings. The molecule has 0 aliphatic heterocycles. The molecule has 0 aromatic heterocycles. The lowest BCUT2D eigenvalue weighted by Crippen LogP contribution is -2.37. The minimum Gasteiger partial charge on any atom is -0.756 e. The van der Waals surface area contributed by atoms with E-state index in [1.807, 2.05) is 21.1 Å². The Morgan fingerprint density at radius 3 is 1.86 bits per heavy atom. The standard InChI is InChI=1S/C26H56NO7P/c1-6-7-8-9-10-11-12-13-14-15-16-17-18-26(31-5)19-21-32-23-25(28)24-34-35(29,30)33-22-20-27(2,3)4/h25-26,28H,6-24H2,1-5H3/t25-,26?/m1/s1. The summed E-state index contributed by atoms with van der Waals surface area (Å²) in [5, 5.41) is 9.92. The number of unbranched alkanes of at least 4 members (excludes halogenated alkanes) is 11. The maximum Gasteiger partial charge on any atom is 0.268 e. The van der Waals surface area contributed by atoms with E-state index in [9.17, 15) is 14.6 Å². The highest BCUT2D eigenvalue weighted by Gasteiger charge is 2.16. The van der Waals surface area contributed by atoms with Gasteiger partial charge in [0.1, 0.15) is 19.3 Å². The zero-order valence-electron chi connectivity index (χ0n) is 23.4. The maximum absolute atomic E-state index is 11.7. The Labute approximate surface area is 215 Å². The lowest BCUT2D eigenvalue weighted by Gasteiger charge is -2.27. The molecule has 0 fully saturated rings. The van der Waals surface area contributed by atoms with E-state index in [1.54, 1.807) is 7.11 Å². The Bertz CT molecular complexity index is 516. The smallest absolute Gasteiger partial charge is 0.268 e. The van der Waals surface area contributed by atoms with Gasteiger partial charge in [0.25, 0.3) is 7.82 Å². The van der Waals surface area contributed by atoms with Crippen LogP contribution in [0.5, 0.6) is 0 Å². The molecule has 0 aromatic carbocycles. The topological polar surface area (TPSA) is 97.3 Å². The minimum atomic E-state index is -4.42. The summed E-state index contributed by atoms with van der Waals surface area (Å²) in [4.78, 5) is 11.7.